The minimum Gasteiger partial charge on any atom is -1.00 e. The molecule has 0 aromatic rings. The van der Waals surface area contributed by atoms with Gasteiger partial charge < -0.3 is 67.7 Å². The van der Waals surface area contributed by atoms with Gasteiger partial charge in [-0.1, -0.05) is 182 Å². The van der Waals surface area contributed by atoms with E-state index in [1.165, 1.54) is 282 Å². The van der Waals surface area contributed by atoms with Crippen molar-refractivity contribution in [1.82, 2.24) is 16.0 Å². The Kier molecular flexibility index (Phi) is 85.7. The van der Waals surface area contributed by atoms with E-state index in [0.29, 0.717) is 0 Å². The third kappa shape index (κ3) is 89.0. The van der Waals surface area contributed by atoms with E-state index in [-0.39, 0.29) is 94.7 Å². The molecule has 3 amide bonds. The quantitative estimate of drug-likeness (QED) is 0.0392. The molecule has 0 aromatic heterocycles. The summed E-state index contributed by atoms with van der Waals surface area (Å²) in [5, 5.41) is 34.5. The number of carboxylic acid groups (broad SMARTS) is 3. The van der Waals surface area contributed by atoms with E-state index in [1.807, 2.05) is 0 Å². The van der Waals surface area contributed by atoms with Crippen LogP contribution >= 0.6 is 0 Å². The Morgan fingerprint density at radius 2 is 0.519 bits per heavy atom. The summed E-state index contributed by atoms with van der Waals surface area (Å²) < 4.78 is 2.48. The Morgan fingerprint density at radius 1 is 0.364 bits per heavy atom. The number of hydrogen-bond acceptors (Lipinski definition) is 9. The van der Waals surface area contributed by atoms with Gasteiger partial charge in [0.1, 0.15) is 6.04 Å². The molecule has 5 N–H and O–H groups in total. The van der Waals surface area contributed by atoms with E-state index in [9.17, 15) is 39.0 Å². The van der Waals surface area contributed by atoms with Crippen molar-refractivity contribution >= 4 is 35.6 Å². The van der Waals surface area contributed by atoms with Crippen molar-refractivity contribution in [1.29, 1.82) is 0 Å². The molecule has 77 heavy (non-hydrogen) atoms. The van der Waals surface area contributed by atoms with Crippen LogP contribution in [0.5, 0.6) is 0 Å². The molecule has 18 heteroatoms. The maximum atomic E-state index is 10.2. The van der Waals surface area contributed by atoms with Gasteiger partial charge in [0.2, 0.25) is 17.7 Å². The van der Waals surface area contributed by atoms with Crippen LogP contribution in [-0.2, 0) is 28.8 Å². The van der Waals surface area contributed by atoms with E-state index in [1.54, 1.807) is 0 Å². The fourth-order valence-corrected chi connectivity index (χ4v) is 8.01. The molecule has 3 atom stereocenters. The summed E-state index contributed by atoms with van der Waals surface area (Å²) >= 11 is 0. The van der Waals surface area contributed by atoms with Gasteiger partial charge in [-0.2, -0.15) is 0 Å². The molecule has 0 aliphatic rings. The van der Waals surface area contributed by atoms with Crippen LogP contribution in [0.25, 0.3) is 0 Å². The third-order valence-corrected chi connectivity index (χ3v) is 12.8. The molecule has 0 rings (SSSR count). The number of carboxylic acids is 3. The second-order valence-corrected chi connectivity index (χ2v) is 21.9. The first-order valence-corrected chi connectivity index (χ1v) is 29.5. The summed E-state index contributed by atoms with van der Waals surface area (Å²) in [5.74, 6) is -4.64. The number of quaternary nitrogens is 2. The predicted octanol–water partition coefficient (Wildman–Crippen LogP) is 1.64. The van der Waals surface area contributed by atoms with E-state index >= 15 is 0 Å². The first-order chi connectivity index (χ1) is 34.4. The normalized spacial score (nSPS) is 11.5. The minimum absolute atomic E-state index is 0. The van der Waals surface area contributed by atoms with Crippen molar-refractivity contribution in [2.75, 3.05) is 54.4 Å². The second-order valence-electron chi connectivity index (χ2n) is 21.9. The Balaban J connectivity index is -0.000000113. The topological polar surface area (TPSA) is 235 Å². The number of amides is 3. The second kappa shape index (κ2) is 69.3. The van der Waals surface area contributed by atoms with Gasteiger partial charge in [0, 0.05) is 20.8 Å². The van der Waals surface area contributed by atoms with Crippen LogP contribution in [0.2, 0.25) is 0 Å². The van der Waals surface area contributed by atoms with Crippen LogP contribution < -0.4 is 97.7 Å². The van der Waals surface area contributed by atoms with Crippen LogP contribution in [0.3, 0.4) is 0 Å². The number of carbonyl (C=O) groups is 6. The number of unbranched alkanes of at least 4 members (excludes halogenated alkanes) is 28. The molecule has 0 spiro atoms. The van der Waals surface area contributed by atoms with Gasteiger partial charge in [0.15, 0.2) is 0 Å². The summed E-state index contributed by atoms with van der Waals surface area (Å²) in [6.45, 7) is 22.6. The number of nitrogens with one attached hydrogen (secondary N) is 3. The summed E-state index contributed by atoms with van der Waals surface area (Å²) in [5.41, 5.74) is 0. The number of hydrogen-bond donors (Lipinski definition) is 4. The van der Waals surface area contributed by atoms with Crippen molar-refractivity contribution < 1.29 is 130 Å². The zero-order valence-electron chi connectivity index (χ0n) is 53.1. The maximum Gasteiger partial charge on any atom is 1.00 e. The van der Waals surface area contributed by atoms with Crippen molar-refractivity contribution in [3.05, 3.63) is 0 Å². The molecule has 452 valence electrons. The van der Waals surface area contributed by atoms with E-state index < -0.39 is 36.0 Å². The van der Waals surface area contributed by atoms with Crippen LogP contribution in [-0.4, -0.2) is 128 Å². The molecule has 15 nitrogen and oxygen atoms in total. The van der Waals surface area contributed by atoms with Crippen molar-refractivity contribution in [2.45, 2.75) is 293 Å². The first kappa shape index (κ1) is 95.2. The number of halogens is 1. The molecule has 0 aliphatic heterocycles. The van der Waals surface area contributed by atoms with E-state index in [4.69, 9.17) is 5.11 Å². The molecule has 0 aromatic carbocycles. The third-order valence-electron chi connectivity index (χ3n) is 12.8. The molecule has 0 saturated heterocycles. The maximum absolute atomic E-state index is 10.2. The monoisotopic (exact) mass is 1140 g/mol. The van der Waals surface area contributed by atoms with Crippen LogP contribution in [0.4, 0.5) is 0 Å². The Hall–Kier alpha value is -1.01. The molecule has 3 unspecified atom stereocenters. The number of rotatable bonds is 42. The average Bonchev–Trinajstić information content (AvgIpc) is 3.30. The Bertz CT molecular complexity index is 1150. The zero-order valence-corrected chi connectivity index (χ0v) is 57.9. The SMILES string of the molecule is CC(=O)NC(C)C(=O)O.CC(=O)NC(C)C(=O)[O-].CC(=O)NC(C)C(=O)[O-].CCCCCCCCCC[N+](C)(C)CCCCCCCCCC.CCCCCCCCCC[N+](C)(C)CCCCCCCCCC.[Cl-].[Na+].[Na+].[OH-]. The Morgan fingerprint density at radius 3 is 0.636 bits per heavy atom. The van der Waals surface area contributed by atoms with E-state index in [2.05, 4.69) is 71.8 Å². The average molecular weight is 1140 g/mol. The van der Waals surface area contributed by atoms with Crippen molar-refractivity contribution in [3.63, 3.8) is 0 Å². The van der Waals surface area contributed by atoms with Gasteiger partial charge in [-0.3, -0.25) is 19.2 Å². The fourth-order valence-electron chi connectivity index (χ4n) is 8.01. The van der Waals surface area contributed by atoms with Gasteiger partial charge in [-0.25, -0.2) is 0 Å². The van der Waals surface area contributed by atoms with E-state index in [0.717, 1.165) is 0 Å². The number of nitrogens with zero attached hydrogens (tertiary/aromatic N) is 2. The standard InChI is InChI=1S/2C22H48N.3C5H9NO3.ClH.2Na.H2O/c2*1-5-7-9-11-13-15-17-19-21-23(3,4)22-20-18-16-14-12-10-8-6-2;3*1-3(5(8)9)6-4(2)7;;;;/h2*5-22H2,1-4H3;3*3H,1-2H3,(H,6,7)(H,8,9);1H;;;1H2/q2*+1;;;;;2*+1;/p-4. The number of carbonyl (C=O) groups excluding carboxylic acids is 5. The molecule has 0 fully saturated rings. The molecular weight excluding hydrogens is 1020 g/mol. The fraction of sp³-hybridized carbons (Fsp3) is 0.898. The first-order valence-electron chi connectivity index (χ1n) is 29.5. The molecule has 0 radical (unpaired) electrons. The largest absolute Gasteiger partial charge is 1.00 e. The van der Waals surface area contributed by atoms with Gasteiger partial charge in [0.05, 0.1) is 78.4 Å². The summed E-state index contributed by atoms with van der Waals surface area (Å²) in [6.07, 6.45) is 46.1. The smallest absolute Gasteiger partial charge is 1.00 e. The minimum atomic E-state index is -1.27. The summed E-state index contributed by atoms with van der Waals surface area (Å²) in [6, 6.07) is -2.59. The van der Waals surface area contributed by atoms with Crippen LogP contribution in [0.15, 0.2) is 0 Å². The van der Waals surface area contributed by atoms with Crippen molar-refractivity contribution in [2.24, 2.45) is 0 Å². The van der Waals surface area contributed by atoms with Crippen LogP contribution in [0.1, 0.15) is 275 Å². The predicted molar refractivity (Wildman–Crippen MR) is 304 cm³/mol. The Labute approximate surface area is 524 Å². The summed E-state index contributed by atoms with van der Waals surface area (Å²) in [7, 11) is 9.73. The molecule has 0 bridgehead atoms. The molecule has 0 aliphatic carbocycles. The van der Waals surface area contributed by atoms with Gasteiger partial charge in [-0.15, -0.1) is 0 Å². The van der Waals surface area contributed by atoms with Gasteiger partial charge in [-0.05, 0) is 72.1 Å². The molecule has 0 saturated carbocycles. The summed E-state index contributed by atoms with van der Waals surface area (Å²) in [4.78, 5) is 60.3. The van der Waals surface area contributed by atoms with Gasteiger partial charge >= 0.3 is 65.1 Å². The zero-order chi connectivity index (χ0) is 56.8. The van der Waals surface area contributed by atoms with Crippen molar-refractivity contribution in [3.8, 4) is 0 Å². The van der Waals surface area contributed by atoms with Gasteiger partial charge in [0.25, 0.3) is 0 Å². The number of aliphatic carboxylic acids is 3. The van der Waals surface area contributed by atoms with Crippen LogP contribution in [0, 0.1) is 0 Å². The molecular formula is C59H122ClN5Na2O10. The molecule has 0 heterocycles.